The minimum Gasteiger partial charge on any atom is -0.449 e. The van der Waals surface area contributed by atoms with E-state index in [0.717, 1.165) is 17.5 Å². The van der Waals surface area contributed by atoms with E-state index in [0.29, 0.717) is 25.2 Å². The van der Waals surface area contributed by atoms with Gasteiger partial charge in [-0.3, -0.25) is 4.79 Å². The van der Waals surface area contributed by atoms with Gasteiger partial charge >= 0.3 is 12.0 Å². The zero-order chi connectivity index (χ0) is 22.4. The first-order valence-electron chi connectivity index (χ1n) is 10.5. The summed E-state index contributed by atoms with van der Waals surface area (Å²) in [5.41, 5.74) is 3.60. The molecule has 31 heavy (non-hydrogen) atoms. The predicted octanol–water partition coefficient (Wildman–Crippen LogP) is 3.02. The SMILES string of the molecule is CC(C)NC(=O)NCc1ccc(C(=O)OC(C)C(=O)N2CCc3ccccc3C2)cc1. The second-order valence-corrected chi connectivity index (χ2v) is 8.00. The van der Waals surface area contributed by atoms with E-state index in [2.05, 4.69) is 16.7 Å². The molecule has 7 nitrogen and oxygen atoms in total. The fourth-order valence-corrected chi connectivity index (χ4v) is 3.47. The summed E-state index contributed by atoms with van der Waals surface area (Å²) in [5, 5.41) is 5.50. The molecule has 0 aromatic heterocycles. The summed E-state index contributed by atoms with van der Waals surface area (Å²) in [6.07, 6.45) is -0.0633. The molecule has 0 aliphatic carbocycles. The summed E-state index contributed by atoms with van der Waals surface area (Å²) < 4.78 is 5.41. The smallest absolute Gasteiger partial charge is 0.338 e. The van der Waals surface area contributed by atoms with E-state index in [1.165, 1.54) is 5.56 Å². The molecule has 7 heteroatoms. The Labute approximate surface area is 182 Å². The van der Waals surface area contributed by atoms with Crippen molar-refractivity contribution < 1.29 is 19.1 Å². The second-order valence-electron chi connectivity index (χ2n) is 8.00. The zero-order valence-corrected chi connectivity index (χ0v) is 18.2. The quantitative estimate of drug-likeness (QED) is 0.699. The highest BCUT2D eigenvalue weighted by Crippen LogP contribution is 2.19. The molecule has 3 amide bonds. The van der Waals surface area contributed by atoms with E-state index in [1.807, 2.05) is 32.0 Å². The standard InChI is InChI=1S/C24H29N3O4/c1-16(2)26-24(30)25-14-18-8-10-20(11-9-18)23(29)31-17(3)22(28)27-13-12-19-6-4-5-7-21(19)15-27/h4-11,16-17H,12-15H2,1-3H3,(H2,25,26,30). The Morgan fingerprint density at radius 2 is 1.68 bits per heavy atom. The normalized spacial score (nSPS) is 13.9. The van der Waals surface area contributed by atoms with Crippen molar-refractivity contribution in [3.05, 3.63) is 70.8 Å². The van der Waals surface area contributed by atoms with Crippen molar-refractivity contribution >= 4 is 17.9 Å². The minimum atomic E-state index is -0.862. The summed E-state index contributed by atoms with van der Waals surface area (Å²) in [4.78, 5) is 38.6. The Kier molecular flexibility index (Phi) is 7.28. The van der Waals surface area contributed by atoms with Gasteiger partial charge in [-0.05, 0) is 56.0 Å². The van der Waals surface area contributed by atoms with Gasteiger partial charge in [-0.2, -0.15) is 0 Å². The van der Waals surface area contributed by atoms with Crippen molar-refractivity contribution in [1.82, 2.24) is 15.5 Å². The average molecular weight is 424 g/mol. The van der Waals surface area contributed by atoms with Crippen LogP contribution in [0.4, 0.5) is 4.79 Å². The molecule has 2 N–H and O–H groups in total. The van der Waals surface area contributed by atoms with E-state index in [4.69, 9.17) is 4.74 Å². The van der Waals surface area contributed by atoms with Crippen molar-refractivity contribution in [3.8, 4) is 0 Å². The Bertz CT molecular complexity index is 940. The molecule has 0 spiro atoms. The maximum Gasteiger partial charge on any atom is 0.338 e. The highest BCUT2D eigenvalue weighted by atomic mass is 16.5. The van der Waals surface area contributed by atoms with Crippen molar-refractivity contribution in [2.45, 2.75) is 52.4 Å². The third kappa shape index (κ3) is 6.07. The first-order valence-corrected chi connectivity index (χ1v) is 10.5. The number of hydrogen-bond acceptors (Lipinski definition) is 4. The summed E-state index contributed by atoms with van der Waals surface area (Å²) in [5.74, 6) is -0.741. The number of carbonyl (C=O) groups is 3. The molecule has 2 aromatic carbocycles. The van der Waals surface area contributed by atoms with Crippen molar-refractivity contribution in [3.63, 3.8) is 0 Å². The molecule has 0 radical (unpaired) electrons. The van der Waals surface area contributed by atoms with Gasteiger partial charge in [-0.1, -0.05) is 36.4 Å². The van der Waals surface area contributed by atoms with Crippen LogP contribution in [-0.4, -0.2) is 41.5 Å². The van der Waals surface area contributed by atoms with Crippen LogP contribution < -0.4 is 10.6 Å². The summed E-state index contributed by atoms with van der Waals surface area (Å²) in [6.45, 7) is 6.87. The monoisotopic (exact) mass is 423 g/mol. The minimum absolute atomic E-state index is 0.0570. The lowest BCUT2D eigenvalue weighted by atomic mass is 9.99. The van der Waals surface area contributed by atoms with Gasteiger partial charge in [0.1, 0.15) is 0 Å². The largest absolute Gasteiger partial charge is 0.449 e. The second kappa shape index (κ2) is 10.1. The number of esters is 1. The number of nitrogens with zero attached hydrogens (tertiary/aromatic N) is 1. The number of amides is 3. The molecule has 0 fully saturated rings. The highest BCUT2D eigenvalue weighted by Gasteiger charge is 2.27. The Morgan fingerprint density at radius 1 is 1.00 bits per heavy atom. The first kappa shape index (κ1) is 22.3. The van der Waals surface area contributed by atoms with Crippen molar-refractivity contribution in [1.29, 1.82) is 0 Å². The fourth-order valence-electron chi connectivity index (χ4n) is 3.47. The van der Waals surface area contributed by atoms with Gasteiger partial charge in [0.2, 0.25) is 0 Å². The molecule has 1 aliphatic heterocycles. The lowest BCUT2D eigenvalue weighted by Gasteiger charge is -2.30. The Hall–Kier alpha value is -3.35. The van der Waals surface area contributed by atoms with Crippen LogP contribution in [0.15, 0.2) is 48.5 Å². The molecule has 1 unspecified atom stereocenters. The summed E-state index contributed by atoms with van der Waals surface area (Å²) in [6, 6.07) is 14.6. The topological polar surface area (TPSA) is 87.7 Å². The van der Waals surface area contributed by atoms with Gasteiger partial charge in [-0.25, -0.2) is 9.59 Å². The summed E-state index contributed by atoms with van der Waals surface area (Å²) >= 11 is 0. The van der Waals surface area contributed by atoms with E-state index in [1.54, 1.807) is 36.1 Å². The molecule has 0 saturated carbocycles. The summed E-state index contributed by atoms with van der Waals surface area (Å²) in [7, 11) is 0. The lowest BCUT2D eigenvalue weighted by molar-refractivity contribution is -0.140. The van der Waals surface area contributed by atoms with Gasteiger partial charge in [-0.15, -0.1) is 0 Å². The van der Waals surface area contributed by atoms with E-state index in [-0.39, 0.29) is 18.0 Å². The van der Waals surface area contributed by atoms with Crippen LogP contribution in [0.5, 0.6) is 0 Å². The van der Waals surface area contributed by atoms with Crippen LogP contribution in [0.25, 0.3) is 0 Å². The van der Waals surface area contributed by atoms with Gasteiger partial charge in [0.15, 0.2) is 6.10 Å². The van der Waals surface area contributed by atoms with Crippen LogP contribution in [0.3, 0.4) is 0 Å². The third-order valence-corrected chi connectivity index (χ3v) is 5.14. The van der Waals surface area contributed by atoms with Gasteiger partial charge in [0, 0.05) is 25.7 Å². The maximum atomic E-state index is 12.8. The van der Waals surface area contributed by atoms with E-state index < -0.39 is 12.1 Å². The number of hydrogen-bond donors (Lipinski definition) is 2. The molecule has 1 aliphatic rings. The van der Waals surface area contributed by atoms with Gasteiger partial charge in [0.25, 0.3) is 5.91 Å². The molecule has 3 rings (SSSR count). The third-order valence-electron chi connectivity index (χ3n) is 5.14. The highest BCUT2D eigenvalue weighted by molar-refractivity contribution is 5.92. The zero-order valence-electron chi connectivity index (χ0n) is 18.2. The molecule has 0 bridgehead atoms. The molecular formula is C24H29N3O4. The average Bonchev–Trinajstić information content (AvgIpc) is 2.76. The van der Waals surface area contributed by atoms with Crippen molar-refractivity contribution in [2.75, 3.05) is 6.54 Å². The van der Waals surface area contributed by atoms with E-state index >= 15 is 0 Å². The Balaban J connectivity index is 1.51. The number of fused-ring (bicyclic) bond motifs is 1. The molecular weight excluding hydrogens is 394 g/mol. The van der Waals surface area contributed by atoms with Gasteiger partial charge < -0.3 is 20.3 Å². The molecule has 0 saturated heterocycles. The molecule has 1 heterocycles. The fraction of sp³-hybridized carbons (Fsp3) is 0.375. The number of ether oxygens (including phenoxy) is 1. The molecule has 164 valence electrons. The first-order chi connectivity index (χ1) is 14.8. The number of rotatable bonds is 6. The van der Waals surface area contributed by atoms with Crippen LogP contribution in [0, 0.1) is 0 Å². The lowest BCUT2D eigenvalue weighted by Crippen LogP contribution is -2.42. The predicted molar refractivity (Wildman–Crippen MR) is 117 cm³/mol. The number of urea groups is 1. The van der Waals surface area contributed by atoms with Crippen LogP contribution >= 0.6 is 0 Å². The van der Waals surface area contributed by atoms with Crippen LogP contribution in [-0.2, 0) is 29.0 Å². The number of carbonyl (C=O) groups excluding carboxylic acids is 3. The Morgan fingerprint density at radius 3 is 2.35 bits per heavy atom. The van der Waals surface area contributed by atoms with Crippen molar-refractivity contribution in [2.24, 2.45) is 0 Å². The number of benzene rings is 2. The molecule has 1 atom stereocenters. The number of nitrogens with one attached hydrogen (secondary N) is 2. The molecule has 2 aromatic rings. The van der Waals surface area contributed by atoms with Gasteiger partial charge in [0.05, 0.1) is 5.56 Å². The van der Waals surface area contributed by atoms with Crippen LogP contribution in [0.2, 0.25) is 0 Å². The maximum absolute atomic E-state index is 12.8. The van der Waals surface area contributed by atoms with Crippen LogP contribution in [0.1, 0.15) is 47.8 Å². The van der Waals surface area contributed by atoms with E-state index in [9.17, 15) is 14.4 Å².